The predicted octanol–water partition coefficient (Wildman–Crippen LogP) is 2.10. The molecule has 1 aromatic rings. The predicted molar refractivity (Wildman–Crippen MR) is 79.0 cm³/mol. The highest BCUT2D eigenvalue weighted by molar-refractivity contribution is 5.97. The molecule has 1 saturated carbocycles. The van der Waals surface area contributed by atoms with E-state index in [0.29, 0.717) is 0 Å². The molecule has 0 spiro atoms. The Morgan fingerprint density at radius 2 is 2.25 bits per heavy atom. The number of nitrogens with two attached hydrogens (primary N) is 1. The summed E-state index contributed by atoms with van der Waals surface area (Å²) >= 11 is 0. The average molecular weight is 274 g/mol. The lowest BCUT2D eigenvalue weighted by Crippen LogP contribution is -2.40. The van der Waals surface area contributed by atoms with Crippen LogP contribution in [0.2, 0.25) is 0 Å². The Morgan fingerprint density at radius 3 is 3.00 bits per heavy atom. The van der Waals surface area contributed by atoms with Gasteiger partial charge in [0, 0.05) is 24.2 Å². The molecule has 4 heteroatoms. The number of amides is 1. The number of carbonyl (C=O) groups is 1. The first-order valence-corrected chi connectivity index (χ1v) is 7.43. The highest BCUT2D eigenvalue weighted by atomic mass is 16.5. The first-order valence-electron chi connectivity index (χ1n) is 7.43. The van der Waals surface area contributed by atoms with Gasteiger partial charge < -0.3 is 15.4 Å². The second kappa shape index (κ2) is 5.44. The van der Waals surface area contributed by atoms with Gasteiger partial charge in [-0.1, -0.05) is 6.42 Å². The molecule has 2 N–H and O–H groups in total. The summed E-state index contributed by atoms with van der Waals surface area (Å²) in [5, 5.41) is 0. The summed E-state index contributed by atoms with van der Waals surface area (Å²) in [4.78, 5) is 14.6. The molecule has 4 nitrogen and oxygen atoms in total. The van der Waals surface area contributed by atoms with E-state index in [9.17, 15) is 4.79 Å². The van der Waals surface area contributed by atoms with Crippen LogP contribution in [0, 0.1) is 5.92 Å². The molecule has 2 aliphatic rings. The molecule has 1 aliphatic heterocycles. The van der Waals surface area contributed by atoms with Gasteiger partial charge >= 0.3 is 0 Å². The van der Waals surface area contributed by atoms with Gasteiger partial charge in [-0.15, -0.1) is 0 Å². The fraction of sp³-hybridized carbons (Fsp3) is 0.562. The average Bonchev–Trinajstić information content (AvgIpc) is 2.89. The molecule has 1 aromatic carbocycles. The van der Waals surface area contributed by atoms with Gasteiger partial charge in [0.15, 0.2) is 0 Å². The molecule has 0 aromatic heterocycles. The van der Waals surface area contributed by atoms with E-state index in [4.69, 9.17) is 10.5 Å². The highest BCUT2D eigenvalue weighted by Gasteiger charge is 2.32. The number of nitrogens with zero attached hydrogens (tertiary/aromatic N) is 1. The van der Waals surface area contributed by atoms with Crippen LogP contribution >= 0.6 is 0 Å². The summed E-state index contributed by atoms with van der Waals surface area (Å²) in [6, 6.07) is 6.16. The Labute approximate surface area is 119 Å². The number of hydrogen-bond donors (Lipinski definition) is 1. The van der Waals surface area contributed by atoms with Gasteiger partial charge in [0.1, 0.15) is 5.75 Å². The lowest BCUT2D eigenvalue weighted by molar-refractivity contribution is -0.123. The summed E-state index contributed by atoms with van der Waals surface area (Å²) in [5.41, 5.74) is 8.26. The summed E-state index contributed by atoms with van der Waals surface area (Å²) in [6.45, 7) is 0.785. The van der Waals surface area contributed by atoms with Crippen LogP contribution in [0.25, 0.3) is 0 Å². The first kappa shape index (κ1) is 13.4. The quantitative estimate of drug-likeness (QED) is 0.898. The highest BCUT2D eigenvalue weighted by Crippen LogP contribution is 2.34. The monoisotopic (exact) mass is 274 g/mol. The maximum atomic E-state index is 12.7. The summed E-state index contributed by atoms with van der Waals surface area (Å²) in [7, 11) is 1.67. The van der Waals surface area contributed by atoms with Crippen molar-refractivity contribution in [2.24, 2.45) is 11.7 Å². The van der Waals surface area contributed by atoms with E-state index in [0.717, 1.165) is 50.1 Å². The van der Waals surface area contributed by atoms with Crippen molar-refractivity contribution in [3.63, 3.8) is 0 Å². The Balaban J connectivity index is 1.78. The Morgan fingerprint density at radius 1 is 1.40 bits per heavy atom. The molecule has 1 amide bonds. The standard InChI is InChI=1S/C16H22N2O2/c1-20-14-5-6-15-11(10-14)7-8-18(15)16(19)12-3-2-4-13(17)9-12/h5-6,10,12-13H,2-4,7-9,17H2,1H3. The van der Waals surface area contributed by atoms with Crippen molar-refractivity contribution < 1.29 is 9.53 Å². The Bertz CT molecular complexity index is 515. The number of benzene rings is 1. The smallest absolute Gasteiger partial charge is 0.230 e. The molecule has 20 heavy (non-hydrogen) atoms. The van der Waals surface area contributed by atoms with E-state index in [1.807, 2.05) is 23.1 Å². The summed E-state index contributed by atoms with van der Waals surface area (Å²) < 4.78 is 5.25. The molecule has 1 fully saturated rings. The van der Waals surface area contributed by atoms with E-state index in [-0.39, 0.29) is 17.9 Å². The summed E-state index contributed by atoms with van der Waals surface area (Å²) in [6.07, 6.45) is 4.85. The molecule has 0 saturated heterocycles. The minimum absolute atomic E-state index is 0.104. The van der Waals surface area contributed by atoms with Gasteiger partial charge in [-0.3, -0.25) is 4.79 Å². The SMILES string of the molecule is COc1ccc2c(c1)CCN2C(=O)C1CCCC(N)C1. The number of rotatable bonds is 2. The zero-order valence-corrected chi connectivity index (χ0v) is 12.0. The fourth-order valence-corrected chi connectivity index (χ4v) is 3.41. The lowest BCUT2D eigenvalue weighted by Gasteiger charge is -2.29. The van der Waals surface area contributed by atoms with Crippen molar-refractivity contribution in [3.8, 4) is 5.75 Å². The number of fused-ring (bicyclic) bond motifs is 1. The summed E-state index contributed by atoms with van der Waals surface area (Å²) in [5.74, 6) is 1.22. The maximum Gasteiger partial charge on any atom is 0.230 e. The van der Waals surface area contributed by atoms with Crippen LogP contribution in [0.1, 0.15) is 31.2 Å². The third kappa shape index (κ3) is 2.40. The third-order valence-corrected chi connectivity index (χ3v) is 4.51. The fourth-order valence-electron chi connectivity index (χ4n) is 3.41. The number of ether oxygens (including phenoxy) is 1. The van der Waals surface area contributed by atoms with Crippen LogP contribution in [0.15, 0.2) is 18.2 Å². The Hall–Kier alpha value is -1.55. The van der Waals surface area contributed by atoms with Gasteiger partial charge in [0.2, 0.25) is 5.91 Å². The van der Waals surface area contributed by atoms with E-state index >= 15 is 0 Å². The van der Waals surface area contributed by atoms with Crippen molar-refractivity contribution in [1.82, 2.24) is 0 Å². The lowest BCUT2D eigenvalue weighted by atomic mass is 9.85. The minimum Gasteiger partial charge on any atom is -0.497 e. The topological polar surface area (TPSA) is 55.6 Å². The molecule has 1 aliphatic carbocycles. The van der Waals surface area contributed by atoms with E-state index < -0.39 is 0 Å². The molecular weight excluding hydrogens is 252 g/mol. The molecule has 0 bridgehead atoms. The van der Waals surface area contributed by atoms with Gasteiger partial charge in [-0.2, -0.15) is 0 Å². The molecule has 108 valence electrons. The van der Waals surface area contributed by atoms with Crippen LogP contribution in [0.3, 0.4) is 0 Å². The van der Waals surface area contributed by atoms with Crippen molar-refractivity contribution in [2.45, 2.75) is 38.1 Å². The largest absolute Gasteiger partial charge is 0.497 e. The Kier molecular flexibility index (Phi) is 3.66. The van der Waals surface area contributed by atoms with Gasteiger partial charge in [-0.25, -0.2) is 0 Å². The zero-order chi connectivity index (χ0) is 14.1. The van der Waals surface area contributed by atoms with Gasteiger partial charge in [-0.05, 0) is 49.4 Å². The van der Waals surface area contributed by atoms with Gasteiger partial charge in [0.25, 0.3) is 0 Å². The maximum absolute atomic E-state index is 12.7. The van der Waals surface area contributed by atoms with Crippen molar-refractivity contribution in [3.05, 3.63) is 23.8 Å². The van der Waals surface area contributed by atoms with Crippen molar-refractivity contribution >= 4 is 11.6 Å². The van der Waals surface area contributed by atoms with Crippen LogP contribution in [-0.4, -0.2) is 25.6 Å². The second-order valence-corrected chi connectivity index (χ2v) is 5.86. The van der Waals surface area contributed by atoms with E-state index in [1.54, 1.807) is 7.11 Å². The molecule has 2 atom stereocenters. The molecule has 3 rings (SSSR count). The van der Waals surface area contributed by atoms with E-state index in [2.05, 4.69) is 0 Å². The number of anilines is 1. The molecule has 1 heterocycles. The van der Waals surface area contributed by atoms with E-state index in [1.165, 1.54) is 5.56 Å². The van der Waals surface area contributed by atoms with Crippen LogP contribution < -0.4 is 15.4 Å². The van der Waals surface area contributed by atoms with Crippen LogP contribution in [0.5, 0.6) is 5.75 Å². The normalized spacial score (nSPS) is 25.4. The molecular formula is C16H22N2O2. The minimum atomic E-state index is 0.104. The van der Waals surface area contributed by atoms with Crippen molar-refractivity contribution in [1.29, 1.82) is 0 Å². The zero-order valence-electron chi connectivity index (χ0n) is 12.0. The number of hydrogen-bond acceptors (Lipinski definition) is 3. The molecule has 2 unspecified atom stereocenters. The number of carbonyl (C=O) groups excluding carboxylic acids is 1. The second-order valence-electron chi connectivity index (χ2n) is 5.86. The van der Waals surface area contributed by atoms with Crippen LogP contribution in [0.4, 0.5) is 5.69 Å². The van der Waals surface area contributed by atoms with Crippen LogP contribution in [-0.2, 0) is 11.2 Å². The third-order valence-electron chi connectivity index (χ3n) is 4.51. The number of methoxy groups -OCH3 is 1. The van der Waals surface area contributed by atoms with Crippen molar-refractivity contribution in [2.75, 3.05) is 18.6 Å². The molecule has 0 radical (unpaired) electrons. The van der Waals surface area contributed by atoms with Gasteiger partial charge in [0.05, 0.1) is 7.11 Å². The first-order chi connectivity index (χ1) is 9.69.